The van der Waals surface area contributed by atoms with Gasteiger partial charge in [-0.2, -0.15) is 0 Å². The van der Waals surface area contributed by atoms with E-state index < -0.39 is 48.0 Å². The molecule has 1 aliphatic heterocycles. The van der Waals surface area contributed by atoms with Gasteiger partial charge < -0.3 is 35.6 Å². The molecule has 0 amide bonds. The molecule has 0 bridgehead atoms. The Morgan fingerprint density at radius 1 is 1.42 bits per heavy atom. The molecule has 26 heavy (non-hydrogen) atoms. The van der Waals surface area contributed by atoms with E-state index in [9.17, 15) is 20.1 Å². The van der Waals surface area contributed by atoms with E-state index in [1.807, 2.05) is 19.1 Å². The molecule has 0 aliphatic carbocycles. The Hall–Kier alpha value is -1.20. The Balaban J connectivity index is 2.36. The Kier molecular flexibility index (Phi) is 7.03. The Labute approximate surface area is 155 Å². The summed E-state index contributed by atoms with van der Waals surface area (Å²) in [6.45, 7) is 1.20. The van der Waals surface area contributed by atoms with Crippen molar-refractivity contribution in [1.29, 1.82) is 0 Å². The van der Waals surface area contributed by atoms with E-state index in [4.69, 9.17) is 20.3 Å². The maximum atomic E-state index is 12.5. The van der Waals surface area contributed by atoms with Crippen LogP contribution in [0.3, 0.4) is 0 Å². The predicted octanol–water partition coefficient (Wildman–Crippen LogP) is -0.852. The molecule has 1 saturated heterocycles. The van der Waals surface area contributed by atoms with Gasteiger partial charge in [-0.1, -0.05) is 29.5 Å². The third kappa shape index (κ3) is 4.37. The van der Waals surface area contributed by atoms with Crippen LogP contribution in [0.15, 0.2) is 29.2 Å². The van der Waals surface area contributed by atoms with E-state index >= 15 is 0 Å². The average Bonchev–Trinajstić information content (AvgIpc) is 2.64. The number of aliphatic hydroxyl groups excluding tert-OH is 4. The second-order valence-electron chi connectivity index (χ2n) is 6.33. The van der Waals surface area contributed by atoms with Gasteiger partial charge in [0.2, 0.25) is 4.93 Å². The van der Waals surface area contributed by atoms with E-state index in [-0.39, 0.29) is 6.42 Å². The van der Waals surface area contributed by atoms with Crippen molar-refractivity contribution in [2.24, 2.45) is 5.73 Å². The molecular formula is C17H25NO7S. The molecule has 0 spiro atoms. The van der Waals surface area contributed by atoms with Gasteiger partial charge in [0.05, 0.1) is 25.9 Å². The zero-order valence-electron chi connectivity index (χ0n) is 14.6. The first-order valence-electron chi connectivity index (χ1n) is 8.16. The Morgan fingerprint density at radius 2 is 2.04 bits per heavy atom. The minimum atomic E-state index is -1.65. The van der Waals surface area contributed by atoms with Gasteiger partial charge in [-0.15, -0.1) is 0 Å². The molecule has 0 aromatic heterocycles. The normalized spacial score (nSPS) is 31.3. The van der Waals surface area contributed by atoms with Crippen molar-refractivity contribution in [2.45, 2.75) is 53.6 Å². The first-order valence-corrected chi connectivity index (χ1v) is 8.98. The van der Waals surface area contributed by atoms with Crippen LogP contribution >= 0.6 is 11.8 Å². The summed E-state index contributed by atoms with van der Waals surface area (Å²) < 4.78 is 10.7. The van der Waals surface area contributed by atoms with Crippen LogP contribution in [-0.2, 0) is 14.3 Å². The molecule has 2 rings (SSSR count). The third-order valence-electron chi connectivity index (χ3n) is 4.35. The fourth-order valence-corrected chi connectivity index (χ4v) is 4.03. The third-order valence-corrected chi connectivity index (χ3v) is 5.61. The van der Waals surface area contributed by atoms with Crippen LogP contribution in [0, 0.1) is 6.92 Å². The van der Waals surface area contributed by atoms with Gasteiger partial charge in [0.15, 0.2) is 0 Å². The van der Waals surface area contributed by atoms with Gasteiger partial charge in [-0.25, -0.2) is 4.79 Å². The Bertz CT molecular complexity index is 614. The lowest BCUT2D eigenvalue weighted by molar-refractivity contribution is -0.203. The molecule has 6 N–H and O–H groups in total. The summed E-state index contributed by atoms with van der Waals surface area (Å²) in [6.07, 6.45) is -5.74. The molecule has 8 nitrogen and oxygen atoms in total. The largest absolute Gasteiger partial charge is 0.466 e. The minimum absolute atomic E-state index is 0.155. The highest BCUT2D eigenvalue weighted by molar-refractivity contribution is 8.01. The molecule has 1 aliphatic rings. The molecule has 1 heterocycles. The molecule has 0 radical (unpaired) electrons. The second kappa shape index (κ2) is 8.66. The zero-order valence-corrected chi connectivity index (χ0v) is 15.4. The Morgan fingerprint density at radius 3 is 2.58 bits per heavy atom. The smallest absolute Gasteiger partial charge is 0.349 e. The number of hydrogen-bond donors (Lipinski definition) is 5. The topological polar surface area (TPSA) is 142 Å². The summed E-state index contributed by atoms with van der Waals surface area (Å²) in [7, 11) is 1.19. The van der Waals surface area contributed by atoms with Crippen LogP contribution in [0.4, 0.5) is 0 Å². The number of hydrogen-bond acceptors (Lipinski definition) is 9. The maximum Gasteiger partial charge on any atom is 0.349 e. The molecule has 146 valence electrons. The first kappa shape index (κ1) is 21.1. The SMILES string of the molecule is COC(=O)C1(Sc2ccc(C)cc2)C[C@H](O)[C@@H](N)[C@H]([C@H](O)[C@H](O)CO)O1. The number of nitrogens with two attached hydrogens (primary N) is 1. The number of ether oxygens (including phenoxy) is 2. The van der Waals surface area contributed by atoms with E-state index in [0.29, 0.717) is 4.90 Å². The number of thioether (sulfide) groups is 1. The number of carbonyl (C=O) groups excluding carboxylic acids is 1. The number of benzene rings is 1. The van der Waals surface area contributed by atoms with Gasteiger partial charge in [0.25, 0.3) is 0 Å². The molecule has 1 fully saturated rings. The lowest BCUT2D eigenvalue weighted by atomic mass is 9.90. The highest BCUT2D eigenvalue weighted by Crippen LogP contribution is 2.44. The van der Waals surface area contributed by atoms with Gasteiger partial charge in [0, 0.05) is 11.3 Å². The van der Waals surface area contributed by atoms with Crippen LogP contribution in [0.2, 0.25) is 0 Å². The van der Waals surface area contributed by atoms with Crippen molar-refractivity contribution in [1.82, 2.24) is 0 Å². The van der Waals surface area contributed by atoms with E-state index in [0.717, 1.165) is 17.3 Å². The van der Waals surface area contributed by atoms with Crippen LogP contribution in [0.25, 0.3) is 0 Å². The number of carbonyl (C=O) groups is 1. The summed E-state index contributed by atoms with van der Waals surface area (Å²) in [6, 6.07) is 6.26. The van der Waals surface area contributed by atoms with Crippen LogP contribution in [0.5, 0.6) is 0 Å². The molecule has 0 saturated carbocycles. The summed E-state index contributed by atoms with van der Waals surface area (Å²) >= 11 is 1.03. The molecule has 1 unspecified atom stereocenters. The summed E-state index contributed by atoms with van der Waals surface area (Å²) in [4.78, 5) is 11.5. The number of methoxy groups -OCH3 is 1. The number of aliphatic hydroxyl groups is 4. The van der Waals surface area contributed by atoms with Crippen molar-refractivity contribution < 1.29 is 34.7 Å². The van der Waals surface area contributed by atoms with Crippen molar-refractivity contribution in [3.05, 3.63) is 29.8 Å². The molecule has 1 aromatic rings. The van der Waals surface area contributed by atoms with Crippen molar-refractivity contribution in [3.63, 3.8) is 0 Å². The quantitative estimate of drug-likeness (QED) is 0.394. The van der Waals surface area contributed by atoms with Crippen molar-refractivity contribution in [2.75, 3.05) is 13.7 Å². The number of aryl methyl sites for hydroxylation is 1. The first-order chi connectivity index (χ1) is 12.2. The van der Waals surface area contributed by atoms with E-state index in [1.54, 1.807) is 12.1 Å². The molecule has 6 atom stereocenters. The highest BCUT2D eigenvalue weighted by atomic mass is 32.2. The van der Waals surface area contributed by atoms with Gasteiger partial charge in [0.1, 0.15) is 18.3 Å². The lowest BCUT2D eigenvalue weighted by Gasteiger charge is -2.45. The second-order valence-corrected chi connectivity index (χ2v) is 7.67. The van der Waals surface area contributed by atoms with Gasteiger partial charge in [-0.3, -0.25) is 0 Å². The lowest BCUT2D eigenvalue weighted by Crippen LogP contribution is -2.64. The highest BCUT2D eigenvalue weighted by Gasteiger charge is 2.54. The van der Waals surface area contributed by atoms with Crippen LogP contribution < -0.4 is 5.73 Å². The average molecular weight is 387 g/mol. The molecule has 9 heteroatoms. The number of esters is 1. The van der Waals surface area contributed by atoms with Gasteiger partial charge >= 0.3 is 5.97 Å². The zero-order chi connectivity index (χ0) is 19.5. The minimum Gasteiger partial charge on any atom is -0.466 e. The molecular weight excluding hydrogens is 362 g/mol. The van der Waals surface area contributed by atoms with E-state index in [1.165, 1.54) is 7.11 Å². The number of rotatable bonds is 6. The van der Waals surface area contributed by atoms with E-state index in [2.05, 4.69) is 0 Å². The monoisotopic (exact) mass is 387 g/mol. The van der Waals surface area contributed by atoms with Crippen LogP contribution in [0.1, 0.15) is 12.0 Å². The van der Waals surface area contributed by atoms with Gasteiger partial charge in [-0.05, 0) is 19.1 Å². The maximum absolute atomic E-state index is 12.5. The summed E-state index contributed by atoms with van der Waals surface area (Å²) in [5.41, 5.74) is 6.94. The fourth-order valence-electron chi connectivity index (χ4n) is 2.79. The summed E-state index contributed by atoms with van der Waals surface area (Å²) in [5.74, 6) is -0.746. The molecule has 1 aromatic carbocycles. The predicted molar refractivity (Wildman–Crippen MR) is 94.4 cm³/mol. The standard InChI is InChI=1S/C17H25NO7S/c1-9-3-5-10(6-4-9)26-17(16(23)24-2)7-11(20)13(18)15(25-17)14(22)12(21)8-19/h3-6,11-15,19-22H,7-8,18H2,1-2H3/t11-,12+,13+,14+,15+,17?/m0/s1. The fraction of sp³-hybridized carbons (Fsp3) is 0.588. The summed E-state index contributed by atoms with van der Waals surface area (Å²) in [5, 5.41) is 39.4. The van der Waals surface area contributed by atoms with Crippen molar-refractivity contribution >= 4 is 17.7 Å². The van der Waals surface area contributed by atoms with Crippen LogP contribution in [-0.4, -0.2) is 75.5 Å². The van der Waals surface area contributed by atoms with Crippen molar-refractivity contribution in [3.8, 4) is 0 Å².